The Morgan fingerprint density at radius 2 is 2.07 bits per heavy atom. The molecule has 1 aromatic carbocycles. The van der Waals surface area contributed by atoms with Crippen molar-refractivity contribution in [2.24, 2.45) is 4.99 Å². The lowest BCUT2D eigenvalue weighted by molar-refractivity contribution is -0.117. The monoisotopic (exact) mass is 399 g/mol. The van der Waals surface area contributed by atoms with Crippen LogP contribution in [0.3, 0.4) is 0 Å². The van der Waals surface area contributed by atoms with Crippen LogP contribution >= 0.6 is 11.3 Å². The van der Waals surface area contributed by atoms with Gasteiger partial charge in [-0.1, -0.05) is 19.1 Å². The van der Waals surface area contributed by atoms with Crippen LogP contribution in [-0.4, -0.2) is 36.5 Å². The zero-order valence-electron chi connectivity index (χ0n) is 16.7. The van der Waals surface area contributed by atoms with Crippen molar-refractivity contribution in [3.05, 3.63) is 45.9 Å². The molecule has 1 aliphatic rings. The van der Waals surface area contributed by atoms with Crippen molar-refractivity contribution >= 4 is 28.9 Å². The number of aliphatic imine (C=N–C) groups is 1. The van der Waals surface area contributed by atoms with Crippen LogP contribution < -0.4 is 15.5 Å². The molecule has 0 saturated carbocycles. The number of thiazole rings is 1. The highest BCUT2D eigenvalue weighted by Crippen LogP contribution is 2.21. The highest BCUT2D eigenvalue weighted by atomic mass is 32.1. The van der Waals surface area contributed by atoms with Crippen molar-refractivity contribution in [1.82, 2.24) is 15.6 Å². The maximum absolute atomic E-state index is 11.9. The molecule has 28 heavy (non-hydrogen) atoms. The SMILES string of the molecule is CCNC(=NCc1ccc(N2CCCC2=O)cc1)NCCc1ncc(CC)s1. The first kappa shape index (κ1) is 20.3. The highest BCUT2D eigenvalue weighted by molar-refractivity contribution is 7.11. The lowest BCUT2D eigenvalue weighted by Crippen LogP contribution is -2.38. The van der Waals surface area contributed by atoms with Gasteiger partial charge < -0.3 is 15.5 Å². The van der Waals surface area contributed by atoms with Gasteiger partial charge in [-0.15, -0.1) is 11.3 Å². The molecule has 2 N–H and O–H groups in total. The number of nitrogens with zero attached hydrogens (tertiary/aromatic N) is 3. The molecule has 1 aromatic heterocycles. The fraction of sp³-hybridized carbons (Fsp3) is 0.476. The fourth-order valence-corrected chi connectivity index (χ4v) is 3.99. The summed E-state index contributed by atoms with van der Waals surface area (Å²) in [7, 11) is 0. The molecule has 0 radical (unpaired) electrons. The third kappa shape index (κ3) is 5.55. The van der Waals surface area contributed by atoms with Crippen LogP contribution in [0.4, 0.5) is 5.69 Å². The summed E-state index contributed by atoms with van der Waals surface area (Å²) in [4.78, 5) is 24.2. The van der Waals surface area contributed by atoms with Crippen LogP contribution in [0.15, 0.2) is 35.5 Å². The van der Waals surface area contributed by atoms with Crippen molar-refractivity contribution in [3.63, 3.8) is 0 Å². The van der Waals surface area contributed by atoms with Crippen LogP contribution in [-0.2, 0) is 24.2 Å². The van der Waals surface area contributed by atoms with Crippen molar-refractivity contribution in [1.29, 1.82) is 0 Å². The normalized spacial score (nSPS) is 14.6. The number of carbonyl (C=O) groups is 1. The van der Waals surface area contributed by atoms with Gasteiger partial charge in [0.25, 0.3) is 0 Å². The largest absolute Gasteiger partial charge is 0.357 e. The highest BCUT2D eigenvalue weighted by Gasteiger charge is 2.21. The van der Waals surface area contributed by atoms with E-state index >= 15 is 0 Å². The molecule has 150 valence electrons. The summed E-state index contributed by atoms with van der Waals surface area (Å²) in [6, 6.07) is 8.14. The lowest BCUT2D eigenvalue weighted by Gasteiger charge is -2.15. The summed E-state index contributed by atoms with van der Waals surface area (Å²) >= 11 is 1.78. The number of guanidine groups is 1. The second-order valence-electron chi connectivity index (χ2n) is 6.76. The summed E-state index contributed by atoms with van der Waals surface area (Å²) < 4.78 is 0. The Kier molecular flexibility index (Phi) is 7.42. The first-order chi connectivity index (χ1) is 13.7. The Hall–Kier alpha value is -2.41. The lowest BCUT2D eigenvalue weighted by atomic mass is 10.2. The Labute approximate surface area is 171 Å². The molecule has 0 aliphatic carbocycles. The van der Waals surface area contributed by atoms with E-state index in [0.29, 0.717) is 13.0 Å². The molecule has 1 fully saturated rings. The Bertz CT molecular complexity index is 799. The van der Waals surface area contributed by atoms with E-state index in [1.54, 1.807) is 11.3 Å². The number of amides is 1. The van der Waals surface area contributed by atoms with Crippen LogP contribution in [0.25, 0.3) is 0 Å². The number of carbonyl (C=O) groups excluding carboxylic acids is 1. The van der Waals surface area contributed by atoms with Gasteiger partial charge in [-0.05, 0) is 37.5 Å². The number of benzene rings is 1. The molecule has 7 heteroatoms. The average molecular weight is 400 g/mol. The van der Waals surface area contributed by atoms with Crippen LogP contribution in [0, 0.1) is 0 Å². The second-order valence-corrected chi connectivity index (χ2v) is 7.96. The van der Waals surface area contributed by atoms with E-state index in [2.05, 4.69) is 46.6 Å². The van der Waals surface area contributed by atoms with E-state index < -0.39 is 0 Å². The summed E-state index contributed by atoms with van der Waals surface area (Å²) in [6.45, 7) is 7.26. The zero-order chi connectivity index (χ0) is 19.8. The van der Waals surface area contributed by atoms with Crippen molar-refractivity contribution < 1.29 is 4.79 Å². The summed E-state index contributed by atoms with van der Waals surface area (Å²) in [5, 5.41) is 7.83. The van der Waals surface area contributed by atoms with E-state index in [-0.39, 0.29) is 5.91 Å². The first-order valence-corrected chi connectivity index (χ1v) is 10.9. The average Bonchev–Trinajstić information content (AvgIpc) is 3.35. The third-order valence-corrected chi connectivity index (χ3v) is 5.87. The summed E-state index contributed by atoms with van der Waals surface area (Å²) in [5.74, 6) is 1.03. The number of aromatic nitrogens is 1. The van der Waals surface area contributed by atoms with Gasteiger partial charge in [0.2, 0.25) is 5.91 Å². The molecule has 1 saturated heterocycles. The maximum Gasteiger partial charge on any atom is 0.227 e. The van der Waals surface area contributed by atoms with Gasteiger partial charge in [0.05, 0.1) is 11.6 Å². The predicted molar refractivity (Wildman–Crippen MR) is 116 cm³/mol. The van der Waals surface area contributed by atoms with Crippen molar-refractivity contribution in [2.45, 2.75) is 46.1 Å². The Morgan fingerprint density at radius 3 is 2.71 bits per heavy atom. The maximum atomic E-state index is 11.9. The standard InChI is InChI=1S/C21H29N5OS/c1-3-18-15-24-19(28-18)11-12-23-21(22-4-2)25-14-16-7-9-17(10-8-16)26-13-5-6-20(26)27/h7-10,15H,3-6,11-14H2,1-2H3,(H2,22,23,25). The van der Waals surface area contributed by atoms with E-state index in [1.807, 2.05) is 23.2 Å². The number of rotatable bonds is 8. The number of aryl methyl sites for hydroxylation is 1. The van der Waals surface area contributed by atoms with Crippen LogP contribution in [0.1, 0.15) is 42.1 Å². The molecule has 2 heterocycles. The van der Waals surface area contributed by atoms with Crippen molar-refractivity contribution in [2.75, 3.05) is 24.5 Å². The smallest absolute Gasteiger partial charge is 0.227 e. The quantitative estimate of drug-likeness (QED) is 0.529. The number of anilines is 1. The molecule has 1 amide bonds. The van der Waals surface area contributed by atoms with Gasteiger partial charge in [-0.25, -0.2) is 9.98 Å². The number of nitrogens with one attached hydrogen (secondary N) is 2. The summed E-state index contributed by atoms with van der Waals surface area (Å²) in [5.41, 5.74) is 2.11. The van der Waals surface area contributed by atoms with Gasteiger partial charge in [-0.2, -0.15) is 0 Å². The second kappa shape index (κ2) is 10.2. The van der Waals surface area contributed by atoms with Gasteiger partial charge in [-0.3, -0.25) is 4.79 Å². The molecule has 0 unspecified atom stereocenters. The minimum atomic E-state index is 0.218. The Morgan fingerprint density at radius 1 is 1.25 bits per heavy atom. The first-order valence-electron chi connectivity index (χ1n) is 10.0. The van der Waals surface area contributed by atoms with Gasteiger partial charge in [0, 0.05) is 49.2 Å². The molecule has 0 atom stereocenters. The number of hydrogen-bond donors (Lipinski definition) is 2. The minimum Gasteiger partial charge on any atom is -0.357 e. The van der Waals surface area contributed by atoms with Crippen LogP contribution in [0.2, 0.25) is 0 Å². The molecule has 0 bridgehead atoms. The zero-order valence-corrected chi connectivity index (χ0v) is 17.5. The molecule has 2 aromatic rings. The molecular weight excluding hydrogens is 370 g/mol. The topological polar surface area (TPSA) is 69.6 Å². The third-order valence-electron chi connectivity index (χ3n) is 4.67. The molecule has 1 aliphatic heterocycles. The number of hydrogen-bond acceptors (Lipinski definition) is 4. The molecule has 6 nitrogen and oxygen atoms in total. The van der Waals surface area contributed by atoms with Gasteiger partial charge >= 0.3 is 0 Å². The van der Waals surface area contributed by atoms with E-state index in [0.717, 1.165) is 61.1 Å². The molecule has 3 rings (SSSR count). The summed E-state index contributed by atoms with van der Waals surface area (Å²) in [6.07, 6.45) is 5.51. The predicted octanol–water partition coefficient (Wildman–Crippen LogP) is 3.13. The fourth-order valence-electron chi connectivity index (χ4n) is 3.13. The van der Waals surface area contributed by atoms with E-state index in [1.165, 1.54) is 4.88 Å². The van der Waals surface area contributed by atoms with Gasteiger partial charge in [0.15, 0.2) is 5.96 Å². The van der Waals surface area contributed by atoms with Crippen LogP contribution in [0.5, 0.6) is 0 Å². The molecule has 0 spiro atoms. The van der Waals surface area contributed by atoms with E-state index in [4.69, 9.17) is 0 Å². The Balaban J connectivity index is 1.52. The van der Waals surface area contributed by atoms with E-state index in [9.17, 15) is 4.79 Å². The minimum absolute atomic E-state index is 0.218. The molecular formula is C21H29N5OS. The van der Waals surface area contributed by atoms with Gasteiger partial charge in [0.1, 0.15) is 0 Å². The van der Waals surface area contributed by atoms with Crippen molar-refractivity contribution in [3.8, 4) is 0 Å².